The second kappa shape index (κ2) is 21.0. The third-order valence-electron chi connectivity index (χ3n) is 10.5. The molecule has 1 aliphatic rings. The SMILES string of the molecule is COc1ccc(CN(C(=O)c2cc(C(F)(F)F)nn2-c2ccc(OC)cc2C(=O)NCCCC(=O)NCCN2CCOCC2)c2ccc(-c3ccccc3S(C)(=O)=O)cc2F)c(OC)c1. The minimum Gasteiger partial charge on any atom is -0.497 e. The number of alkyl halides is 3. The van der Waals surface area contributed by atoms with E-state index in [0.29, 0.717) is 48.4 Å². The lowest BCUT2D eigenvalue weighted by atomic mass is 10.0. The standard InChI is InChI=1S/C45H48F4N6O9S/c1-61-31-14-16-36(34(25-31)43(57)51-17-7-10-42(56)50-18-19-53-20-22-64-23-21-53)55-38(27-41(52-55)45(47,48)49)44(58)54(28-30-11-13-32(62-2)26-39(30)63-3)37-15-12-29(24-35(37)46)33-8-5-6-9-40(33)65(4,59)60/h5-6,8-9,11-16,24-27H,7,10,17-23,28H2,1-4H3,(H,50,56)(H,51,57). The van der Waals surface area contributed by atoms with Gasteiger partial charge in [0.15, 0.2) is 15.5 Å². The summed E-state index contributed by atoms with van der Waals surface area (Å²) in [5.41, 5.74) is -2.45. The number of rotatable bonds is 18. The quantitative estimate of drug-likeness (QED) is 0.0789. The number of nitrogens with zero attached hydrogens (tertiary/aromatic N) is 4. The van der Waals surface area contributed by atoms with Crippen molar-refractivity contribution in [3.63, 3.8) is 0 Å². The van der Waals surface area contributed by atoms with Gasteiger partial charge in [-0.05, 0) is 60.5 Å². The van der Waals surface area contributed by atoms with Crippen molar-refractivity contribution in [1.82, 2.24) is 25.3 Å². The molecule has 6 rings (SSSR count). The Labute approximate surface area is 373 Å². The van der Waals surface area contributed by atoms with Crippen molar-refractivity contribution in [2.45, 2.75) is 30.5 Å². The Morgan fingerprint density at radius 2 is 1.57 bits per heavy atom. The van der Waals surface area contributed by atoms with Gasteiger partial charge in [0, 0.05) is 68.7 Å². The summed E-state index contributed by atoms with van der Waals surface area (Å²) in [6, 6.07) is 18.5. The van der Waals surface area contributed by atoms with Gasteiger partial charge in [0.25, 0.3) is 11.8 Å². The number of hydrogen-bond acceptors (Lipinski definition) is 11. The van der Waals surface area contributed by atoms with Crippen LogP contribution in [0.15, 0.2) is 89.8 Å². The molecule has 346 valence electrons. The minimum atomic E-state index is -5.08. The smallest absolute Gasteiger partial charge is 0.435 e. The number of benzene rings is 4. The van der Waals surface area contributed by atoms with Gasteiger partial charge in [-0.2, -0.15) is 18.3 Å². The molecule has 3 amide bonds. The summed E-state index contributed by atoms with van der Waals surface area (Å²) in [4.78, 5) is 44.3. The average Bonchev–Trinajstić information content (AvgIpc) is 3.76. The van der Waals surface area contributed by atoms with Gasteiger partial charge < -0.3 is 29.6 Å². The largest absolute Gasteiger partial charge is 0.497 e. The maximum atomic E-state index is 16.6. The van der Waals surface area contributed by atoms with Crippen molar-refractivity contribution >= 4 is 33.2 Å². The maximum Gasteiger partial charge on any atom is 0.435 e. The normalized spacial score (nSPS) is 13.2. The van der Waals surface area contributed by atoms with E-state index >= 15 is 4.39 Å². The summed E-state index contributed by atoms with van der Waals surface area (Å²) in [5, 5.41) is 9.30. The highest BCUT2D eigenvalue weighted by molar-refractivity contribution is 7.90. The monoisotopic (exact) mass is 924 g/mol. The van der Waals surface area contributed by atoms with Crippen LogP contribution in [0, 0.1) is 5.82 Å². The van der Waals surface area contributed by atoms with Crippen molar-refractivity contribution in [1.29, 1.82) is 0 Å². The summed E-state index contributed by atoms with van der Waals surface area (Å²) in [7, 11) is 0.328. The zero-order chi connectivity index (χ0) is 46.9. The number of anilines is 1. The van der Waals surface area contributed by atoms with E-state index in [1.54, 1.807) is 12.1 Å². The molecule has 1 aromatic heterocycles. The number of sulfone groups is 1. The molecule has 0 saturated carbocycles. The fourth-order valence-corrected chi connectivity index (χ4v) is 8.07. The van der Waals surface area contributed by atoms with Crippen molar-refractivity contribution in [3.8, 4) is 34.1 Å². The van der Waals surface area contributed by atoms with Gasteiger partial charge >= 0.3 is 6.18 Å². The van der Waals surface area contributed by atoms with E-state index in [2.05, 4.69) is 20.6 Å². The molecule has 0 atom stereocenters. The first kappa shape index (κ1) is 48.0. The second-order valence-corrected chi connectivity index (χ2v) is 16.9. The lowest BCUT2D eigenvalue weighted by molar-refractivity contribution is -0.141. The summed E-state index contributed by atoms with van der Waals surface area (Å²) in [6.45, 7) is 3.45. The Morgan fingerprint density at radius 1 is 0.862 bits per heavy atom. The molecule has 5 aromatic rings. The highest BCUT2D eigenvalue weighted by Crippen LogP contribution is 2.36. The number of hydrogen-bond donors (Lipinski definition) is 2. The van der Waals surface area contributed by atoms with Crippen LogP contribution in [0.3, 0.4) is 0 Å². The summed E-state index contributed by atoms with van der Waals surface area (Å²) >= 11 is 0. The zero-order valence-electron chi connectivity index (χ0n) is 36.0. The first-order valence-electron chi connectivity index (χ1n) is 20.3. The number of aromatic nitrogens is 2. The molecule has 0 unspecified atom stereocenters. The van der Waals surface area contributed by atoms with Crippen LogP contribution in [0.4, 0.5) is 23.2 Å². The van der Waals surface area contributed by atoms with E-state index in [1.807, 2.05) is 0 Å². The van der Waals surface area contributed by atoms with Gasteiger partial charge in [-0.3, -0.25) is 24.2 Å². The van der Waals surface area contributed by atoms with E-state index < -0.39 is 57.3 Å². The number of carbonyl (C=O) groups excluding carboxylic acids is 3. The first-order chi connectivity index (χ1) is 31.0. The number of halogens is 4. The van der Waals surface area contributed by atoms with Crippen LogP contribution >= 0.6 is 0 Å². The maximum absolute atomic E-state index is 16.6. The van der Waals surface area contributed by atoms with Crippen LogP contribution in [-0.4, -0.2) is 114 Å². The first-order valence-corrected chi connectivity index (χ1v) is 22.2. The van der Waals surface area contributed by atoms with Crippen LogP contribution in [0.25, 0.3) is 16.8 Å². The molecule has 2 heterocycles. The number of ether oxygens (including phenoxy) is 4. The lowest BCUT2D eigenvalue weighted by Crippen LogP contribution is -2.41. The Balaban J connectivity index is 1.36. The third kappa shape index (κ3) is 11.8. The van der Waals surface area contributed by atoms with Gasteiger partial charge in [0.1, 0.15) is 28.8 Å². The fraction of sp³-hybridized carbons (Fsp3) is 0.333. The predicted molar refractivity (Wildman–Crippen MR) is 232 cm³/mol. The summed E-state index contributed by atoms with van der Waals surface area (Å²) in [5.74, 6) is -2.46. The van der Waals surface area contributed by atoms with Crippen molar-refractivity contribution in [3.05, 3.63) is 113 Å². The molecule has 20 heteroatoms. The van der Waals surface area contributed by atoms with E-state index in [4.69, 9.17) is 18.9 Å². The molecule has 0 bridgehead atoms. The van der Waals surface area contributed by atoms with Crippen LogP contribution in [0.2, 0.25) is 0 Å². The number of morpholine rings is 1. The van der Waals surface area contributed by atoms with E-state index in [-0.39, 0.29) is 64.1 Å². The molecule has 15 nitrogen and oxygen atoms in total. The average molecular weight is 925 g/mol. The lowest BCUT2D eigenvalue weighted by Gasteiger charge is -2.26. The van der Waals surface area contributed by atoms with E-state index in [0.717, 1.165) is 30.3 Å². The molecule has 65 heavy (non-hydrogen) atoms. The molecular formula is C45H48F4N6O9S. The van der Waals surface area contributed by atoms with Gasteiger partial charge in [-0.15, -0.1) is 0 Å². The molecule has 0 spiro atoms. The molecule has 1 saturated heterocycles. The number of methoxy groups -OCH3 is 3. The van der Waals surface area contributed by atoms with Crippen molar-refractivity contribution in [2.24, 2.45) is 0 Å². The van der Waals surface area contributed by atoms with E-state index in [9.17, 15) is 36.0 Å². The Bertz CT molecular complexity index is 2630. The molecule has 4 aromatic carbocycles. The number of carbonyl (C=O) groups is 3. The van der Waals surface area contributed by atoms with Crippen molar-refractivity contribution < 1.29 is 59.3 Å². The van der Waals surface area contributed by atoms with Gasteiger partial charge in [-0.1, -0.05) is 24.3 Å². The highest BCUT2D eigenvalue weighted by Gasteiger charge is 2.38. The summed E-state index contributed by atoms with van der Waals surface area (Å²) < 4.78 is 108. The Morgan fingerprint density at radius 3 is 2.25 bits per heavy atom. The van der Waals surface area contributed by atoms with Gasteiger partial charge in [-0.25, -0.2) is 17.5 Å². The van der Waals surface area contributed by atoms with E-state index in [1.165, 1.54) is 82.0 Å². The van der Waals surface area contributed by atoms with Gasteiger partial charge in [0.2, 0.25) is 5.91 Å². The third-order valence-corrected chi connectivity index (χ3v) is 11.7. The topological polar surface area (TPSA) is 171 Å². The molecule has 0 radical (unpaired) electrons. The van der Waals surface area contributed by atoms with Gasteiger partial charge in [0.05, 0.1) is 62.9 Å². The van der Waals surface area contributed by atoms with Crippen LogP contribution in [-0.2, 0) is 32.1 Å². The second-order valence-electron chi connectivity index (χ2n) is 14.9. The van der Waals surface area contributed by atoms with Crippen LogP contribution in [0.5, 0.6) is 17.2 Å². The number of amides is 3. The fourth-order valence-electron chi connectivity index (χ4n) is 7.16. The number of nitrogens with one attached hydrogen (secondary N) is 2. The van der Waals surface area contributed by atoms with Crippen LogP contribution < -0.4 is 29.7 Å². The molecular weight excluding hydrogens is 877 g/mol. The zero-order valence-corrected chi connectivity index (χ0v) is 36.9. The molecule has 1 aliphatic heterocycles. The minimum absolute atomic E-state index is 0.00642. The van der Waals surface area contributed by atoms with Crippen LogP contribution in [0.1, 0.15) is 44.9 Å². The highest BCUT2D eigenvalue weighted by atomic mass is 32.2. The molecule has 1 fully saturated rings. The van der Waals surface area contributed by atoms with Crippen molar-refractivity contribution in [2.75, 3.05) is 78.4 Å². The molecule has 0 aliphatic carbocycles. The Hall–Kier alpha value is -6.51. The summed E-state index contributed by atoms with van der Waals surface area (Å²) in [6.07, 6.45) is -3.77. The molecule has 2 N–H and O–H groups in total. The Kier molecular flexibility index (Phi) is 15.5. The predicted octanol–water partition coefficient (Wildman–Crippen LogP) is 5.93.